The molecule has 0 saturated heterocycles. The van der Waals surface area contributed by atoms with Crippen molar-refractivity contribution in [3.8, 4) is 0 Å². The first-order valence-electron chi connectivity index (χ1n) is 5.57. The number of aromatic nitrogens is 3. The summed E-state index contributed by atoms with van der Waals surface area (Å²) in [6.07, 6.45) is -2.17. The molecule has 2 heterocycles. The predicted molar refractivity (Wildman–Crippen MR) is 56.9 cm³/mol. The summed E-state index contributed by atoms with van der Waals surface area (Å²) in [5.41, 5.74) is -1.30. The first kappa shape index (κ1) is 11.9. The Morgan fingerprint density at radius 3 is 2.63 bits per heavy atom. The molecule has 0 bridgehead atoms. The highest BCUT2D eigenvalue weighted by atomic mass is 19.4. The second kappa shape index (κ2) is 3.69. The van der Waals surface area contributed by atoms with Gasteiger partial charge >= 0.3 is 12.1 Å². The summed E-state index contributed by atoms with van der Waals surface area (Å²) in [7, 11) is 0. The molecule has 0 amide bonds. The monoisotopic (exact) mass is 271 g/mol. The van der Waals surface area contributed by atoms with Crippen LogP contribution in [0.25, 0.3) is 5.65 Å². The lowest BCUT2D eigenvalue weighted by atomic mass is 10.2. The molecular formula is C11H8F3N3O2. The summed E-state index contributed by atoms with van der Waals surface area (Å²) in [4.78, 5) is 15.0. The molecule has 1 N–H and O–H groups in total. The van der Waals surface area contributed by atoms with Gasteiger partial charge in [-0.15, -0.1) is 0 Å². The quantitative estimate of drug-likeness (QED) is 0.910. The average molecular weight is 271 g/mol. The van der Waals surface area contributed by atoms with E-state index in [0.717, 1.165) is 25.1 Å². The fraction of sp³-hybridized carbons (Fsp3) is 0.364. The van der Waals surface area contributed by atoms with E-state index in [1.807, 2.05) is 0 Å². The minimum absolute atomic E-state index is 0.0114. The van der Waals surface area contributed by atoms with Crippen molar-refractivity contribution in [3.05, 3.63) is 29.2 Å². The molecule has 1 aliphatic carbocycles. The number of nitrogens with zero attached hydrogens (tertiary/aromatic N) is 3. The second-order valence-electron chi connectivity index (χ2n) is 4.44. The lowest BCUT2D eigenvalue weighted by Crippen LogP contribution is -2.14. The molecule has 2 aromatic rings. The Labute approximate surface area is 104 Å². The number of carboxylic acids is 1. The molecule has 1 saturated carbocycles. The van der Waals surface area contributed by atoms with Crippen LogP contribution in [0.1, 0.15) is 40.5 Å². The molecule has 19 heavy (non-hydrogen) atoms. The molecule has 0 aliphatic heterocycles. The maximum Gasteiger partial charge on any atom is 0.433 e. The number of hydrogen-bond donors (Lipinski definition) is 1. The van der Waals surface area contributed by atoms with Gasteiger partial charge in [0.2, 0.25) is 0 Å². The fourth-order valence-electron chi connectivity index (χ4n) is 1.92. The van der Waals surface area contributed by atoms with E-state index in [2.05, 4.69) is 10.1 Å². The molecule has 100 valence electrons. The molecule has 5 nitrogen and oxygen atoms in total. The number of hydrogen-bond acceptors (Lipinski definition) is 3. The summed E-state index contributed by atoms with van der Waals surface area (Å²) in [6, 6.07) is 0.948. The average Bonchev–Trinajstić information content (AvgIpc) is 3.06. The van der Waals surface area contributed by atoms with Gasteiger partial charge in [0.05, 0.1) is 6.20 Å². The van der Waals surface area contributed by atoms with E-state index in [4.69, 9.17) is 5.11 Å². The van der Waals surface area contributed by atoms with E-state index in [1.54, 1.807) is 0 Å². The smallest absolute Gasteiger partial charge is 0.433 e. The summed E-state index contributed by atoms with van der Waals surface area (Å²) in [5.74, 6) is -1.36. The van der Waals surface area contributed by atoms with Crippen molar-refractivity contribution in [2.75, 3.05) is 0 Å². The van der Waals surface area contributed by atoms with E-state index >= 15 is 0 Å². The van der Waals surface area contributed by atoms with E-state index in [-0.39, 0.29) is 22.8 Å². The van der Waals surface area contributed by atoms with E-state index in [9.17, 15) is 18.0 Å². The van der Waals surface area contributed by atoms with Gasteiger partial charge in [0, 0.05) is 11.6 Å². The van der Waals surface area contributed by atoms with E-state index in [0.29, 0.717) is 4.52 Å². The van der Waals surface area contributed by atoms with Crippen LogP contribution in [0.3, 0.4) is 0 Å². The minimum Gasteiger partial charge on any atom is -0.477 e. The Hall–Kier alpha value is -2.12. The first-order valence-corrected chi connectivity index (χ1v) is 5.57. The number of carboxylic acid groups (broad SMARTS) is 1. The molecular weight excluding hydrogens is 263 g/mol. The van der Waals surface area contributed by atoms with Crippen molar-refractivity contribution in [1.82, 2.24) is 14.6 Å². The van der Waals surface area contributed by atoms with Crippen LogP contribution in [0.2, 0.25) is 0 Å². The first-order chi connectivity index (χ1) is 8.88. The largest absolute Gasteiger partial charge is 0.477 e. The Morgan fingerprint density at radius 2 is 2.11 bits per heavy atom. The van der Waals surface area contributed by atoms with Crippen LogP contribution in [0.5, 0.6) is 0 Å². The molecule has 0 atom stereocenters. The van der Waals surface area contributed by atoms with Gasteiger partial charge in [0.25, 0.3) is 0 Å². The summed E-state index contributed by atoms with van der Waals surface area (Å²) < 4.78 is 39.4. The summed E-state index contributed by atoms with van der Waals surface area (Å²) in [6.45, 7) is 0. The Bertz CT molecular complexity index is 674. The van der Waals surface area contributed by atoms with Crippen LogP contribution < -0.4 is 0 Å². The van der Waals surface area contributed by atoms with Crippen LogP contribution in [-0.2, 0) is 6.18 Å². The number of aromatic carboxylic acids is 1. The normalized spacial score (nSPS) is 15.9. The minimum atomic E-state index is -4.60. The van der Waals surface area contributed by atoms with E-state index < -0.39 is 17.8 Å². The molecule has 8 heteroatoms. The highest BCUT2D eigenvalue weighted by Gasteiger charge is 2.37. The van der Waals surface area contributed by atoms with Crippen molar-refractivity contribution in [2.24, 2.45) is 0 Å². The lowest BCUT2D eigenvalue weighted by Gasteiger charge is -2.10. The third kappa shape index (κ3) is 1.92. The molecule has 3 rings (SSSR count). The summed E-state index contributed by atoms with van der Waals surface area (Å²) in [5, 5.41) is 12.4. The Kier molecular flexibility index (Phi) is 2.32. The number of carbonyl (C=O) groups is 1. The van der Waals surface area contributed by atoms with Crippen molar-refractivity contribution in [1.29, 1.82) is 0 Å². The van der Waals surface area contributed by atoms with Crippen LogP contribution >= 0.6 is 0 Å². The Balaban J connectivity index is 2.31. The lowest BCUT2D eigenvalue weighted by molar-refractivity contribution is -0.142. The van der Waals surface area contributed by atoms with Gasteiger partial charge in [-0.05, 0) is 18.9 Å². The number of rotatable bonds is 2. The maximum absolute atomic E-state index is 13.0. The highest BCUT2D eigenvalue weighted by molar-refractivity contribution is 5.94. The zero-order valence-electron chi connectivity index (χ0n) is 9.48. The molecule has 1 fully saturated rings. The van der Waals surface area contributed by atoms with Crippen molar-refractivity contribution in [2.45, 2.75) is 24.9 Å². The van der Waals surface area contributed by atoms with Crippen molar-refractivity contribution >= 4 is 11.6 Å². The SMILES string of the molecule is O=C(O)c1cnn2c(C(F)(F)F)cc(C3CC3)nc12. The Morgan fingerprint density at radius 1 is 1.42 bits per heavy atom. The maximum atomic E-state index is 13.0. The van der Waals surface area contributed by atoms with Gasteiger partial charge in [-0.3, -0.25) is 0 Å². The van der Waals surface area contributed by atoms with Gasteiger partial charge < -0.3 is 5.11 Å². The van der Waals surface area contributed by atoms with Crippen LogP contribution in [0.4, 0.5) is 13.2 Å². The molecule has 0 spiro atoms. The molecule has 0 unspecified atom stereocenters. The molecule has 0 radical (unpaired) electrons. The number of fused-ring (bicyclic) bond motifs is 1. The van der Waals surface area contributed by atoms with Crippen molar-refractivity contribution in [3.63, 3.8) is 0 Å². The molecule has 2 aromatic heterocycles. The predicted octanol–water partition coefficient (Wildman–Crippen LogP) is 2.32. The van der Waals surface area contributed by atoms with E-state index in [1.165, 1.54) is 0 Å². The third-order valence-corrected chi connectivity index (χ3v) is 3.01. The van der Waals surface area contributed by atoms with Gasteiger partial charge in [0.1, 0.15) is 11.3 Å². The zero-order valence-corrected chi connectivity index (χ0v) is 9.48. The number of alkyl halides is 3. The van der Waals surface area contributed by atoms with Crippen molar-refractivity contribution < 1.29 is 23.1 Å². The molecule has 1 aliphatic rings. The highest BCUT2D eigenvalue weighted by Crippen LogP contribution is 2.41. The topological polar surface area (TPSA) is 67.5 Å². The second-order valence-corrected chi connectivity index (χ2v) is 4.44. The van der Waals surface area contributed by atoms with Crippen LogP contribution in [0.15, 0.2) is 12.3 Å². The summed E-state index contributed by atoms with van der Waals surface area (Å²) >= 11 is 0. The third-order valence-electron chi connectivity index (χ3n) is 3.01. The molecule has 0 aromatic carbocycles. The van der Waals surface area contributed by atoms with Gasteiger partial charge in [0.15, 0.2) is 5.65 Å². The van der Waals surface area contributed by atoms with Gasteiger partial charge in [-0.25, -0.2) is 14.3 Å². The van der Waals surface area contributed by atoms with Gasteiger partial charge in [-0.1, -0.05) is 0 Å². The van der Waals surface area contributed by atoms with Gasteiger partial charge in [-0.2, -0.15) is 18.3 Å². The van der Waals surface area contributed by atoms with Crippen LogP contribution in [-0.4, -0.2) is 25.7 Å². The standard InChI is InChI=1S/C11H8F3N3O2/c12-11(13,14)8-3-7(5-1-2-5)16-9-6(10(18)19)4-15-17(8)9/h3-5H,1-2H2,(H,18,19). The fourth-order valence-corrected chi connectivity index (χ4v) is 1.92. The zero-order chi connectivity index (χ0) is 13.8. The number of halogens is 3. The van der Waals surface area contributed by atoms with Crippen LogP contribution in [0, 0.1) is 0 Å².